The topological polar surface area (TPSA) is 39.1 Å². The van der Waals surface area contributed by atoms with Crippen LogP contribution in [0, 0.1) is 6.92 Å². The third-order valence-corrected chi connectivity index (χ3v) is 3.69. The summed E-state index contributed by atoms with van der Waals surface area (Å²) in [6.45, 7) is 9.68. The van der Waals surface area contributed by atoms with E-state index in [1.165, 1.54) is 5.57 Å². The molecule has 114 valence electrons. The van der Waals surface area contributed by atoms with E-state index >= 15 is 0 Å². The Labute approximate surface area is 127 Å². The number of aromatic nitrogens is 2. The minimum absolute atomic E-state index is 0.757. The summed E-state index contributed by atoms with van der Waals surface area (Å²) in [5.74, 6) is 0. The number of aryl methyl sites for hydroxylation is 2. The zero-order valence-corrected chi connectivity index (χ0v) is 13.8. The molecule has 1 heterocycles. The molecule has 0 amide bonds. The molecule has 1 N–H and O–H groups in total. The molecule has 0 fully saturated rings. The van der Waals surface area contributed by atoms with E-state index in [9.17, 15) is 0 Å². The van der Waals surface area contributed by atoms with Crippen LogP contribution in [0.2, 0.25) is 5.02 Å². The number of rotatable bonds is 9. The maximum atomic E-state index is 6.32. The van der Waals surface area contributed by atoms with Crippen molar-refractivity contribution in [3.05, 3.63) is 28.1 Å². The predicted molar refractivity (Wildman–Crippen MR) is 84.5 cm³/mol. The molecule has 0 aliphatic heterocycles. The summed E-state index contributed by atoms with van der Waals surface area (Å²) in [6, 6.07) is 0. The van der Waals surface area contributed by atoms with Gasteiger partial charge in [0.05, 0.1) is 23.0 Å². The first kappa shape index (κ1) is 17.2. The van der Waals surface area contributed by atoms with Crippen LogP contribution < -0.4 is 5.32 Å². The van der Waals surface area contributed by atoms with Gasteiger partial charge >= 0.3 is 0 Å². The molecule has 1 aromatic heterocycles. The summed E-state index contributed by atoms with van der Waals surface area (Å²) in [4.78, 5) is 0. The van der Waals surface area contributed by atoms with Crippen molar-refractivity contribution < 1.29 is 4.74 Å². The van der Waals surface area contributed by atoms with E-state index in [-0.39, 0.29) is 0 Å². The molecule has 0 radical (unpaired) electrons. The van der Waals surface area contributed by atoms with Crippen molar-refractivity contribution in [3.8, 4) is 0 Å². The van der Waals surface area contributed by atoms with Crippen LogP contribution in [0.1, 0.15) is 31.7 Å². The Balaban J connectivity index is 2.47. The summed E-state index contributed by atoms with van der Waals surface area (Å²) < 4.78 is 6.98. The lowest BCUT2D eigenvalue weighted by Gasteiger charge is -2.06. The quantitative estimate of drug-likeness (QED) is 0.563. The Bertz CT molecular complexity index is 441. The summed E-state index contributed by atoms with van der Waals surface area (Å²) in [7, 11) is 1.72. The lowest BCUT2D eigenvalue weighted by Crippen LogP contribution is -2.19. The van der Waals surface area contributed by atoms with Crippen molar-refractivity contribution in [2.45, 2.75) is 40.2 Å². The number of hydrogen-bond donors (Lipinski definition) is 1. The smallest absolute Gasteiger partial charge is 0.0850 e. The van der Waals surface area contributed by atoms with Crippen LogP contribution in [0.25, 0.3) is 0 Å². The van der Waals surface area contributed by atoms with Gasteiger partial charge in [-0.3, -0.25) is 4.68 Å². The zero-order chi connectivity index (χ0) is 15.0. The SMILES string of the molecule is CCn1nc(C)c(Cl)c1CC(C)=CCCNCCOC. The lowest BCUT2D eigenvalue weighted by atomic mass is 10.1. The third-order valence-electron chi connectivity index (χ3n) is 3.20. The summed E-state index contributed by atoms with van der Waals surface area (Å²) in [6.07, 6.45) is 4.15. The largest absolute Gasteiger partial charge is 0.383 e. The second-order valence-electron chi connectivity index (χ2n) is 4.92. The average Bonchev–Trinajstić information content (AvgIpc) is 2.70. The predicted octanol–water partition coefficient (Wildman–Crippen LogP) is 2.98. The molecule has 20 heavy (non-hydrogen) atoms. The van der Waals surface area contributed by atoms with Crippen molar-refractivity contribution in [2.24, 2.45) is 0 Å². The van der Waals surface area contributed by atoms with E-state index < -0.39 is 0 Å². The highest BCUT2D eigenvalue weighted by atomic mass is 35.5. The second kappa shape index (κ2) is 9.16. The van der Waals surface area contributed by atoms with Crippen molar-refractivity contribution in [3.63, 3.8) is 0 Å². The molecule has 0 spiro atoms. The molecular formula is C15H26ClN3O. The van der Waals surface area contributed by atoms with Crippen LogP contribution in [0.3, 0.4) is 0 Å². The fourth-order valence-electron chi connectivity index (χ4n) is 2.09. The van der Waals surface area contributed by atoms with E-state index in [0.29, 0.717) is 0 Å². The molecule has 0 saturated carbocycles. The number of halogens is 1. The van der Waals surface area contributed by atoms with Gasteiger partial charge in [-0.25, -0.2) is 0 Å². The van der Waals surface area contributed by atoms with Gasteiger partial charge in [0.2, 0.25) is 0 Å². The molecule has 4 nitrogen and oxygen atoms in total. The van der Waals surface area contributed by atoms with Gasteiger partial charge in [-0.15, -0.1) is 0 Å². The molecule has 5 heteroatoms. The second-order valence-corrected chi connectivity index (χ2v) is 5.30. The Morgan fingerprint density at radius 3 is 2.85 bits per heavy atom. The highest BCUT2D eigenvalue weighted by molar-refractivity contribution is 6.31. The van der Waals surface area contributed by atoms with Gasteiger partial charge < -0.3 is 10.1 Å². The molecule has 0 aliphatic carbocycles. The van der Waals surface area contributed by atoms with E-state index in [4.69, 9.17) is 16.3 Å². The number of hydrogen-bond acceptors (Lipinski definition) is 3. The van der Waals surface area contributed by atoms with Gasteiger partial charge in [0.25, 0.3) is 0 Å². The first-order chi connectivity index (χ1) is 9.60. The van der Waals surface area contributed by atoms with E-state index in [1.807, 2.05) is 11.6 Å². The molecule has 0 aliphatic rings. The fourth-order valence-corrected chi connectivity index (χ4v) is 2.30. The minimum atomic E-state index is 0.757. The third kappa shape index (κ3) is 5.27. The fraction of sp³-hybridized carbons (Fsp3) is 0.667. The first-order valence-corrected chi connectivity index (χ1v) is 7.55. The van der Waals surface area contributed by atoms with Crippen LogP contribution >= 0.6 is 11.6 Å². The number of nitrogens with zero attached hydrogens (tertiary/aromatic N) is 2. The van der Waals surface area contributed by atoms with Crippen molar-refractivity contribution in [2.75, 3.05) is 26.8 Å². The molecule has 0 unspecified atom stereocenters. The molecule has 0 atom stereocenters. The standard InChI is InChI=1S/C15H26ClN3O/c1-5-19-14(15(16)13(3)18-19)11-12(2)7-6-8-17-9-10-20-4/h7,17H,5-6,8-11H2,1-4H3. The van der Waals surface area contributed by atoms with Crippen molar-refractivity contribution in [1.82, 2.24) is 15.1 Å². The Morgan fingerprint density at radius 1 is 1.45 bits per heavy atom. The minimum Gasteiger partial charge on any atom is -0.383 e. The van der Waals surface area contributed by atoms with Crippen LogP contribution in [0.5, 0.6) is 0 Å². The van der Waals surface area contributed by atoms with Crippen molar-refractivity contribution in [1.29, 1.82) is 0 Å². The summed E-state index contributed by atoms with van der Waals surface area (Å²) in [5, 5.41) is 8.58. The molecule has 1 rings (SSSR count). The molecular weight excluding hydrogens is 274 g/mol. The van der Waals surface area contributed by atoms with E-state index in [1.54, 1.807) is 7.11 Å². The van der Waals surface area contributed by atoms with Crippen LogP contribution in [0.15, 0.2) is 11.6 Å². The molecule has 0 bridgehead atoms. The maximum Gasteiger partial charge on any atom is 0.0850 e. The van der Waals surface area contributed by atoms with Gasteiger partial charge in [0, 0.05) is 26.6 Å². The van der Waals surface area contributed by atoms with Crippen molar-refractivity contribution >= 4 is 11.6 Å². The Morgan fingerprint density at radius 2 is 2.20 bits per heavy atom. The van der Waals surface area contributed by atoms with Gasteiger partial charge in [-0.05, 0) is 33.7 Å². The van der Waals surface area contributed by atoms with Gasteiger partial charge in [0.15, 0.2) is 0 Å². The van der Waals surface area contributed by atoms with Crippen LogP contribution in [0.4, 0.5) is 0 Å². The number of allylic oxidation sites excluding steroid dienone is 1. The monoisotopic (exact) mass is 299 g/mol. The number of ether oxygens (including phenoxy) is 1. The zero-order valence-electron chi connectivity index (χ0n) is 13.0. The van der Waals surface area contributed by atoms with Gasteiger partial charge in [-0.2, -0.15) is 5.10 Å². The number of nitrogens with one attached hydrogen (secondary N) is 1. The van der Waals surface area contributed by atoms with E-state index in [0.717, 1.165) is 55.5 Å². The molecule has 0 saturated heterocycles. The maximum absolute atomic E-state index is 6.32. The normalized spacial score (nSPS) is 12.2. The highest BCUT2D eigenvalue weighted by Gasteiger charge is 2.12. The summed E-state index contributed by atoms with van der Waals surface area (Å²) in [5.41, 5.74) is 3.36. The molecule has 0 aromatic carbocycles. The highest BCUT2D eigenvalue weighted by Crippen LogP contribution is 2.22. The van der Waals surface area contributed by atoms with Gasteiger partial charge in [-0.1, -0.05) is 23.3 Å². The first-order valence-electron chi connectivity index (χ1n) is 7.17. The summed E-state index contributed by atoms with van der Waals surface area (Å²) >= 11 is 6.32. The lowest BCUT2D eigenvalue weighted by molar-refractivity contribution is 0.199. The molecule has 1 aromatic rings. The van der Waals surface area contributed by atoms with E-state index in [2.05, 4.69) is 30.3 Å². The Kier molecular flexibility index (Phi) is 7.88. The average molecular weight is 300 g/mol. The number of methoxy groups -OCH3 is 1. The van der Waals surface area contributed by atoms with Crippen LogP contribution in [-0.2, 0) is 17.7 Å². The van der Waals surface area contributed by atoms with Crippen LogP contribution in [-0.4, -0.2) is 36.6 Å². The Hall–Kier alpha value is -0.840. The van der Waals surface area contributed by atoms with Gasteiger partial charge in [0.1, 0.15) is 0 Å².